The summed E-state index contributed by atoms with van der Waals surface area (Å²) in [7, 11) is 0. The zero-order valence-electron chi connectivity index (χ0n) is 15.1. The summed E-state index contributed by atoms with van der Waals surface area (Å²) >= 11 is 12.0. The van der Waals surface area contributed by atoms with E-state index in [1.165, 1.54) is 6.07 Å². The summed E-state index contributed by atoms with van der Waals surface area (Å²) in [6, 6.07) is 10.6. The standard InChI is InChI=1S/C19H20Cl2N4O3/c1-11(15-6-5-13(20)10-16(15)21)24-19(28)25-14-4-2-3-12(9-14)18(27)23-8-7-17(22)26/h2-6,9-11H,7-8H2,1H3,(H2,22,26)(H,23,27)(H2,24,25,28). The monoisotopic (exact) mass is 422 g/mol. The molecule has 2 aromatic rings. The largest absolute Gasteiger partial charge is 0.370 e. The van der Waals surface area contributed by atoms with Gasteiger partial charge in [-0.3, -0.25) is 9.59 Å². The molecule has 5 N–H and O–H groups in total. The van der Waals surface area contributed by atoms with E-state index in [9.17, 15) is 14.4 Å². The van der Waals surface area contributed by atoms with Gasteiger partial charge in [-0.15, -0.1) is 0 Å². The first-order valence-electron chi connectivity index (χ1n) is 8.45. The molecule has 7 nitrogen and oxygen atoms in total. The van der Waals surface area contributed by atoms with Crippen molar-refractivity contribution in [2.24, 2.45) is 5.73 Å². The number of hydrogen-bond acceptors (Lipinski definition) is 3. The van der Waals surface area contributed by atoms with Gasteiger partial charge >= 0.3 is 6.03 Å². The summed E-state index contributed by atoms with van der Waals surface area (Å²) in [5.41, 5.74) is 6.54. The van der Waals surface area contributed by atoms with E-state index in [2.05, 4.69) is 16.0 Å². The average Bonchev–Trinajstić information content (AvgIpc) is 2.61. The van der Waals surface area contributed by atoms with Crippen LogP contribution in [0.4, 0.5) is 10.5 Å². The molecule has 0 fully saturated rings. The van der Waals surface area contributed by atoms with Crippen LogP contribution in [-0.4, -0.2) is 24.4 Å². The van der Waals surface area contributed by atoms with Crippen LogP contribution in [-0.2, 0) is 4.79 Å². The van der Waals surface area contributed by atoms with Gasteiger partial charge in [0.05, 0.1) is 6.04 Å². The number of carbonyl (C=O) groups is 3. The fourth-order valence-corrected chi connectivity index (χ4v) is 3.01. The first kappa shape index (κ1) is 21.5. The summed E-state index contributed by atoms with van der Waals surface area (Å²) in [6.07, 6.45) is 0.0528. The number of halogens is 2. The van der Waals surface area contributed by atoms with Gasteiger partial charge in [-0.25, -0.2) is 4.79 Å². The number of nitrogens with one attached hydrogen (secondary N) is 3. The molecule has 1 atom stereocenters. The van der Waals surface area contributed by atoms with Crippen LogP contribution in [0.25, 0.3) is 0 Å². The predicted octanol–water partition coefficient (Wildman–Crippen LogP) is 3.48. The van der Waals surface area contributed by atoms with Gasteiger partial charge < -0.3 is 21.7 Å². The topological polar surface area (TPSA) is 113 Å². The molecular weight excluding hydrogens is 403 g/mol. The maximum absolute atomic E-state index is 12.3. The highest BCUT2D eigenvalue weighted by atomic mass is 35.5. The molecule has 0 aliphatic rings. The molecular formula is C19H20Cl2N4O3. The molecule has 0 aliphatic carbocycles. The first-order valence-corrected chi connectivity index (χ1v) is 9.21. The highest BCUT2D eigenvalue weighted by Crippen LogP contribution is 2.26. The Labute approximate surface area is 172 Å². The van der Waals surface area contributed by atoms with Crippen molar-refractivity contribution < 1.29 is 14.4 Å². The van der Waals surface area contributed by atoms with Crippen LogP contribution < -0.4 is 21.7 Å². The van der Waals surface area contributed by atoms with Crippen LogP contribution in [0.5, 0.6) is 0 Å². The van der Waals surface area contributed by atoms with E-state index in [1.54, 1.807) is 43.3 Å². The second-order valence-electron chi connectivity index (χ2n) is 6.04. The van der Waals surface area contributed by atoms with Gasteiger partial charge in [0, 0.05) is 34.3 Å². The van der Waals surface area contributed by atoms with E-state index in [0.29, 0.717) is 21.3 Å². The Hall–Kier alpha value is -2.77. The van der Waals surface area contributed by atoms with E-state index >= 15 is 0 Å². The van der Waals surface area contributed by atoms with Crippen molar-refractivity contribution >= 4 is 46.7 Å². The van der Waals surface area contributed by atoms with Crippen molar-refractivity contribution in [3.05, 3.63) is 63.6 Å². The van der Waals surface area contributed by atoms with E-state index in [-0.39, 0.29) is 24.9 Å². The Morgan fingerprint density at radius 2 is 1.86 bits per heavy atom. The molecule has 0 saturated carbocycles. The molecule has 0 heterocycles. The minimum atomic E-state index is -0.498. The zero-order chi connectivity index (χ0) is 20.7. The molecule has 148 valence electrons. The van der Waals surface area contributed by atoms with Crippen molar-refractivity contribution in [3.63, 3.8) is 0 Å². The molecule has 0 spiro atoms. The number of amides is 4. The fourth-order valence-electron chi connectivity index (χ4n) is 2.43. The van der Waals surface area contributed by atoms with Crippen LogP contribution in [0.1, 0.15) is 35.3 Å². The average molecular weight is 423 g/mol. The van der Waals surface area contributed by atoms with E-state index in [0.717, 1.165) is 5.56 Å². The number of carbonyl (C=O) groups excluding carboxylic acids is 3. The summed E-state index contributed by atoms with van der Waals surface area (Å²) in [4.78, 5) is 35.1. The van der Waals surface area contributed by atoms with E-state index in [4.69, 9.17) is 28.9 Å². The summed E-state index contributed by atoms with van der Waals surface area (Å²) < 4.78 is 0. The lowest BCUT2D eigenvalue weighted by Gasteiger charge is -2.17. The van der Waals surface area contributed by atoms with Crippen molar-refractivity contribution in [1.29, 1.82) is 0 Å². The number of hydrogen-bond donors (Lipinski definition) is 4. The quantitative estimate of drug-likeness (QED) is 0.547. The van der Waals surface area contributed by atoms with Gasteiger partial charge in [-0.1, -0.05) is 35.3 Å². The van der Waals surface area contributed by atoms with Crippen molar-refractivity contribution in [2.75, 3.05) is 11.9 Å². The molecule has 0 aromatic heterocycles. The predicted molar refractivity (Wildman–Crippen MR) is 110 cm³/mol. The lowest BCUT2D eigenvalue weighted by atomic mass is 10.1. The van der Waals surface area contributed by atoms with Gasteiger partial charge in [-0.2, -0.15) is 0 Å². The minimum Gasteiger partial charge on any atom is -0.370 e. The fraction of sp³-hybridized carbons (Fsp3) is 0.211. The molecule has 2 aromatic carbocycles. The number of primary amides is 1. The number of urea groups is 1. The second-order valence-corrected chi connectivity index (χ2v) is 6.88. The molecule has 9 heteroatoms. The highest BCUT2D eigenvalue weighted by molar-refractivity contribution is 6.35. The Morgan fingerprint density at radius 1 is 1.11 bits per heavy atom. The molecule has 0 radical (unpaired) electrons. The van der Waals surface area contributed by atoms with Crippen LogP contribution >= 0.6 is 23.2 Å². The molecule has 1 unspecified atom stereocenters. The Bertz CT molecular complexity index is 889. The zero-order valence-corrected chi connectivity index (χ0v) is 16.6. The molecule has 4 amide bonds. The maximum Gasteiger partial charge on any atom is 0.319 e. The lowest BCUT2D eigenvalue weighted by Crippen LogP contribution is -2.31. The normalized spacial score (nSPS) is 11.4. The smallest absolute Gasteiger partial charge is 0.319 e. The third-order valence-electron chi connectivity index (χ3n) is 3.82. The van der Waals surface area contributed by atoms with Gasteiger partial charge in [0.2, 0.25) is 5.91 Å². The molecule has 0 saturated heterocycles. The Morgan fingerprint density at radius 3 is 2.54 bits per heavy atom. The van der Waals surface area contributed by atoms with Crippen LogP contribution in [0.2, 0.25) is 10.0 Å². The lowest BCUT2D eigenvalue weighted by molar-refractivity contribution is -0.117. The van der Waals surface area contributed by atoms with E-state index < -0.39 is 11.9 Å². The van der Waals surface area contributed by atoms with Gasteiger partial charge in [0.15, 0.2) is 0 Å². The summed E-state index contributed by atoms with van der Waals surface area (Å²) in [5, 5.41) is 8.99. The van der Waals surface area contributed by atoms with E-state index in [1.807, 2.05) is 0 Å². The molecule has 0 aliphatic heterocycles. The Kier molecular flexibility index (Phi) is 7.66. The van der Waals surface area contributed by atoms with Crippen LogP contribution in [0.15, 0.2) is 42.5 Å². The first-order chi connectivity index (χ1) is 13.3. The van der Waals surface area contributed by atoms with Gasteiger partial charge in [0.1, 0.15) is 0 Å². The van der Waals surface area contributed by atoms with Gasteiger partial charge in [-0.05, 0) is 42.8 Å². The van der Waals surface area contributed by atoms with Crippen molar-refractivity contribution in [2.45, 2.75) is 19.4 Å². The second kappa shape index (κ2) is 9.96. The highest BCUT2D eigenvalue weighted by Gasteiger charge is 2.14. The van der Waals surface area contributed by atoms with Crippen molar-refractivity contribution in [3.8, 4) is 0 Å². The number of rotatable bonds is 7. The molecule has 2 rings (SSSR count). The number of anilines is 1. The van der Waals surface area contributed by atoms with Crippen LogP contribution in [0, 0.1) is 0 Å². The van der Waals surface area contributed by atoms with Crippen molar-refractivity contribution in [1.82, 2.24) is 10.6 Å². The minimum absolute atomic E-state index is 0.0528. The van der Waals surface area contributed by atoms with Crippen LogP contribution in [0.3, 0.4) is 0 Å². The summed E-state index contributed by atoms with van der Waals surface area (Å²) in [5.74, 6) is -0.867. The maximum atomic E-state index is 12.3. The van der Waals surface area contributed by atoms with Gasteiger partial charge in [0.25, 0.3) is 5.91 Å². The number of benzene rings is 2. The Balaban J connectivity index is 1.96. The molecule has 28 heavy (non-hydrogen) atoms. The SMILES string of the molecule is CC(NC(=O)Nc1cccc(C(=O)NCCC(N)=O)c1)c1ccc(Cl)cc1Cl. The summed E-state index contributed by atoms with van der Waals surface area (Å²) in [6.45, 7) is 1.93. The third kappa shape index (κ3) is 6.44. The molecule has 0 bridgehead atoms. The third-order valence-corrected chi connectivity index (χ3v) is 4.38. The number of nitrogens with two attached hydrogens (primary N) is 1.